The molecule has 0 saturated carbocycles. The van der Waals surface area contributed by atoms with Gasteiger partial charge in [0.2, 0.25) is 0 Å². The number of rotatable bonds is 3. The molecule has 3 rings (SSSR count). The molecule has 7 nitrogen and oxygen atoms in total. The van der Waals surface area contributed by atoms with Crippen molar-refractivity contribution < 1.29 is 14.0 Å². The Morgan fingerprint density at radius 3 is 2.77 bits per heavy atom. The molecule has 3 aromatic rings. The second-order valence-electron chi connectivity index (χ2n) is 4.99. The van der Waals surface area contributed by atoms with Gasteiger partial charge in [0.25, 0.3) is 11.8 Å². The van der Waals surface area contributed by atoms with Crippen LogP contribution in [0.25, 0.3) is 11.1 Å². The number of furan rings is 1. The first kappa shape index (κ1) is 13.9. The Morgan fingerprint density at radius 2 is 2.09 bits per heavy atom. The predicted octanol–water partition coefficient (Wildman–Crippen LogP) is 1.83. The lowest BCUT2D eigenvalue weighted by molar-refractivity contribution is 0.0986. The summed E-state index contributed by atoms with van der Waals surface area (Å²) < 4.78 is 7.01. The number of fused-ring (bicyclic) bond motifs is 1. The molecule has 0 aliphatic rings. The molecular weight excluding hydrogens is 284 g/mol. The highest BCUT2D eigenvalue weighted by Gasteiger charge is 2.15. The second-order valence-corrected chi connectivity index (χ2v) is 4.99. The van der Waals surface area contributed by atoms with E-state index in [-0.39, 0.29) is 5.76 Å². The average molecular weight is 298 g/mol. The van der Waals surface area contributed by atoms with Crippen LogP contribution in [0.3, 0.4) is 0 Å². The predicted molar refractivity (Wildman–Crippen MR) is 80.6 cm³/mol. The quantitative estimate of drug-likeness (QED) is 0.769. The number of amides is 2. The van der Waals surface area contributed by atoms with E-state index < -0.39 is 11.8 Å². The van der Waals surface area contributed by atoms with Crippen molar-refractivity contribution in [3.63, 3.8) is 0 Å². The van der Waals surface area contributed by atoms with E-state index in [9.17, 15) is 9.59 Å². The van der Waals surface area contributed by atoms with Crippen LogP contribution in [0.5, 0.6) is 0 Å². The summed E-state index contributed by atoms with van der Waals surface area (Å²) >= 11 is 0. The third kappa shape index (κ3) is 2.44. The summed E-state index contributed by atoms with van der Waals surface area (Å²) in [6.45, 7) is 1.86. The number of hydrogen-bond acceptors (Lipinski definition) is 4. The number of hydrogen-bond donors (Lipinski definition) is 2. The van der Waals surface area contributed by atoms with Gasteiger partial charge in [0, 0.05) is 25.0 Å². The molecule has 0 aliphatic carbocycles. The van der Waals surface area contributed by atoms with Gasteiger partial charge in [-0.2, -0.15) is 0 Å². The van der Waals surface area contributed by atoms with Gasteiger partial charge in [0.1, 0.15) is 11.2 Å². The molecule has 3 N–H and O–H groups in total. The monoisotopic (exact) mass is 298 g/mol. The first-order valence-corrected chi connectivity index (χ1v) is 6.59. The Hall–Kier alpha value is -3.09. The highest BCUT2D eigenvalue weighted by molar-refractivity contribution is 6.05. The fourth-order valence-electron chi connectivity index (χ4n) is 2.21. The van der Waals surface area contributed by atoms with E-state index in [1.807, 2.05) is 13.0 Å². The first-order valence-electron chi connectivity index (χ1n) is 6.59. The van der Waals surface area contributed by atoms with Crippen LogP contribution in [-0.2, 0) is 7.05 Å². The molecule has 0 aromatic carbocycles. The molecule has 0 atom stereocenters. The third-order valence-electron chi connectivity index (χ3n) is 3.25. The maximum Gasteiger partial charge on any atom is 0.291 e. The van der Waals surface area contributed by atoms with Crippen molar-refractivity contribution >= 4 is 28.6 Å². The van der Waals surface area contributed by atoms with Crippen LogP contribution in [0, 0.1) is 6.92 Å². The SMILES string of the molecule is Cc1ccc2oc(C(=O)Nc3cc(C(N)=O)n(C)c3)cc2n1. The number of primary amides is 1. The zero-order valence-corrected chi connectivity index (χ0v) is 12.1. The number of aryl methyl sites for hydroxylation is 2. The van der Waals surface area contributed by atoms with Gasteiger partial charge in [0.05, 0.1) is 5.69 Å². The highest BCUT2D eigenvalue weighted by atomic mass is 16.3. The van der Waals surface area contributed by atoms with E-state index in [0.717, 1.165) is 5.69 Å². The zero-order chi connectivity index (χ0) is 15.9. The molecule has 22 heavy (non-hydrogen) atoms. The minimum atomic E-state index is -0.564. The van der Waals surface area contributed by atoms with Gasteiger partial charge in [-0.3, -0.25) is 9.59 Å². The van der Waals surface area contributed by atoms with Gasteiger partial charge in [-0.05, 0) is 25.1 Å². The molecule has 3 aromatic heterocycles. The molecule has 0 fully saturated rings. The van der Waals surface area contributed by atoms with E-state index >= 15 is 0 Å². The van der Waals surface area contributed by atoms with Crippen molar-refractivity contribution in [3.8, 4) is 0 Å². The van der Waals surface area contributed by atoms with E-state index in [2.05, 4.69) is 10.3 Å². The number of carbonyl (C=O) groups excluding carboxylic acids is 2. The van der Waals surface area contributed by atoms with Crippen molar-refractivity contribution in [2.75, 3.05) is 5.32 Å². The van der Waals surface area contributed by atoms with Crippen LogP contribution >= 0.6 is 0 Å². The van der Waals surface area contributed by atoms with Gasteiger partial charge in [-0.1, -0.05) is 0 Å². The molecule has 0 bridgehead atoms. The van der Waals surface area contributed by atoms with Crippen molar-refractivity contribution in [1.82, 2.24) is 9.55 Å². The second kappa shape index (κ2) is 5.03. The number of nitrogens with two attached hydrogens (primary N) is 1. The Morgan fingerprint density at radius 1 is 1.32 bits per heavy atom. The zero-order valence-electron chi connectivity index (χ0n) is 12.1. The van der Waals surface area contributed by atoms with Crippen molar-refractivity contribution in [1.29, 1.82) is 0 Å². The summed E-state index contributed by atoms with van der Waals surface area (Å²) in [7, 11) is 1.67. The highest BCUT2D eigenvalue weighted by Crippen LogP contribution is 2.20. The summed E-state index contributed by atoms with van der Waals surface area (Å²) in [6, 6.07) is 6.66. The number of anilines is 1. The molecule has 2 amide bonds. The number of nitrogens with zero attached hydrogens (tertiary/aromatic N) is 2. The molecule has 3 heterocycles. The Kier molecular flexibility index (Phi) is 3.17. The van der Waals surface area contributed by atoms with Gasteiger partial charge >= 0.3 is 0 Å². The molecule has 0 unspecified atom stereocenters. The number of nitrogens with one attached hydrogen (secondary N) is 1. The summed E-state index contributed by atoms with van der Waals surface area (Å²) in [6.07, 6.45) is 1.60. The van der Waals surface area contributed by atoms with Crippen molar-refractivity contribution in [3.05, 3.63) is 47.6 Å². The minimum Gasteiger partial charge on any atom is -0.449 e. The first-order chi connectivity index (χ1) is 10.4. The molecule has 112 valence electrons. The molecular formula is C15H14N4O3. The Bertz CT molecular complexity index is 891. The maximum atomic E-state index is 12.2. The summed E-state index contributed by atoms with van der Waals surface area (Å²) in [4.78, 5) is 27.7. The van der Waals surface area contributed by atoms with Crippen LogP contribution < -0.4 is 11.1 Å². The molecule has 0 saturated heterocycles. The topological polar surface area (TPSA) is 103 Å². The summed E-state index contributed by atoms with van der Waals surface area (Å²) in [5, 5.41) is 2.66. The van der Waals surface area contributed by atoms with E-state index in [4.69, 9.17) is 10.2 Å². The van der Waals surface area contributed by atoms with E-state index in [0.29, 0.717) is 22.5 Å². The average Bonchev–Trinajstić information content (AvgIpc) is 3.01. The van der Waals surface area contributed by atoms with Crippen LogP contribution in [-0.4, -0.2) is 21.4 Å². The van der Waals surface area contributed by atoms with Gasteiger partial charge < -0.3 is 20.0 Å². The Balaban J connectivity index is 1.86. The lowest BCUT2D eigenvalue weighted by atomic mass is 10.3. The van der Waals surface area contributed by atoms with Gasteiger partial charge in [-0.25, -0.2) is 4.98 Å². The third-order valence-corrected chi connectivity index (χ3v) is 3.25. The molecule has 0 aliphatic heterocycles. The van der Waals surface area contributed by atoms with Crippen molar-refractivity contribution in [2.45, 2.75) is 6.92 Å². The van der Waals surface area contributed by atoms with Crippen molar-refractivity contribution in [2.24, 2.45) is 12.8 Å². The minimum absolute atomic E-state index is 0.151. The number of pyridine rings is 1. The smallest absolute Gasteiger partial charge is 0.291 e. The van der Waals surface area contributed by atoms with E-state index in [1.165, 1.54) is 6.07 Å². The summed E-state index contributed by atoms with van der Waals surface area (Å²) in [5.74, 6) is -0.832. The van der Waals surface area contributed by atoms with Crippen LogP contribution in [0.2, 0.25) is 0 Å². The molecule has 0 spiro atoms. The lowest BCUT2D eigenvalue weighted by Crippen LogP contribution is -2.14. The van der Waals surface area contributed by atoms with Crippen LogP contribution in [0.15, 0.2) is 34.9 Å². The lowest BCUT2D eigenvalue weighted by Gasteiger charge is -1.98. The molecule has 7 heteroatoms. The van der Waals surface area contributed by atoms with Crippen LogP contribution in [0.4, 0.5) is 5.69 Å². The standard InChI is InChI=1S/C15H14N4O3/c1-8-3-4-12-10(17-8)6-13(22-12)15(21)18-9-5-11(14(16)20)19(2)7-9/h3-7H,1-2H3,(H2,16,20)(H,18,21). The van der Waals surface area contributed by atoms with Gasteiger partial charge in [0.15, 0.2) is 11.3 Å². The van der Waals surface area contributed by atoms with Crippen LogP contribution in [0.1, 0.15) is 26.7 Å². The number of aromatic nitrogens is 2. The van der Waals surface area contributed by atoms with Gasteiger partial charge in [-0.15, -0.1) is 0 Å². The van der Waals surface area contributed by atoms with E-state index in [1.54, 1.807) is 29.9 Å². The normalized spacial score (nSPS) is 10.8. The number of carbonyl (C=O) groups is 2. The largest absolute Gasteiger partial charge is 0.449 e. The fourth-order valence-corrected chi connectivity index (χ4v) is 2.21. The summed E-state index contributed by atoms with van der Waals surface area (Å²) in [5.41, 5.74) is 8.01. The Labute approximate surface area is 125 Å². The molecule has 0 radical (unpaired) electrons. The maximum absolute atomic E-state index is 12.2. The fraction of sp³-hybridized carbons (Fsp3) is 0.133.